The van der Waals surface area contributed by atoms with Gasteiger partial charge in [0.1, 0.15) is 6.04 Å². The van der Waals surface area contributed by atoms with E-state index in [2.05, 4.69) is 10.6 Å². The molecule has 166 valence electrons. The van der Waals surface area contributed by atoms with Gasteiger partial charge in [-0.2, -0.15) is 0 Å². The van der Waals surface area contributed by atoms with Crippen LogP contribution >= 0.6 is 0 Å². The molecule has 2 aromatic carbocycles. The van der Waals surface area contributed by atoms with Crippen LogP contribution < -0.4 is 10.6 Å². The Morgan fingerprint density at radius 2 is 1.39 bits per heavy atom. The summed E-state index contributed by atoms with van der Waals surface area (Å²) in [5.74, 6) is -2.74. The molecule has 8 nitrogen and oxygen atoms in total. The van der Waals surface area contributed by atoms with Crippen LogP contribution in [0.15, 0.2) is 65.6 Å². The Hall–Kier alpha value is -3.20. The van der Waals surface area contributed by atoms with Crippen molar-refractivity contribution in [1.82, 2.24) is 10.6 Å². The van der Waals surface area contributed by atoms with E-state index in [1.807, 2.05) is 37.3 Å². The molecule has 2 rings (SSSR count). The van der Waals surface area contributed by atoms with Crippen molar-refractivity contribution in [2.75, 3.05) is 5.75 Å². The van der Waals surface area contributed by atoms with Crippen LogP contribution in [0.2, 0.25) is 0 Å². The molecular formula is C22H26N2O6S. The molecule has 0 aliphatic heterocycles. The lowest BCUT2D eigenvalue weighted by molar-refractivity contribution is -0.141. The lowest BCUT2D eigenvalue weighted by atomic mass is 10.1. The molecule has 9 heteroatoms. The zero-order valence-electron chi connectivity index (χ0n) is 17.2. The highest BCUT2D eigenvalue weighted by Crippen LogP contribution is 2.13. The average Bonchev–Trinajstić information content (AvgIpc) is 2.76. The number of amides is 2. The molecule has 3 N–H and O–H groups in total. The largest absolute Gasteiger partial charge is 0.480 e. The number of sulfone groups is 1. The van der Waals surface area contributed by atoms with Gasteiger partial charge in [-0.3, -0.25) is 9.59 Å². The van der Waals surface area contributed by atoms with Gasteiger partial charge in [-0.05, 0) is 31.0 Å². The standard InChI is InChI=1S/C22H26N2O6S/c1-16(17-8-4-2-5-9-17)23-20(25)12-13-21(26)24-19(22(27)28)14-15-31(29,30)18-10-6-3-7-11-18/h2-11,16,19H,12-15H2,1H3,(H,23,25)(H,24,26)(H,27,28)/t16-,19-/m1/s1. The smallest absolute Gasteiger partial charge is 0.326 e. The van der Waals surface area contributed by atoms with Gasteiger partial charge in [-0.25, -0.2) is 13.2 Å². The van der Waals surface area contributed by atoms with E-state index in [0.29, 0.717) is 0 Å². The van der Waals surface area contributed by atoms with Crippen LogP contribution in [-0.2, 0) is 24.2 Å². The number of carboxylic acids is 1. The second kappa shape index (κ2) is 11.3. The second-order valence-corrected chi connectivity index (χ2v) is 9.19. The van der Waals surface area contributed by atoms with Gasteiger partial charge < -0.3 is 15.7 Å². The molecule has 2 aromatic rings. The van der Waals surface area contributed by atoms with Gasteiger partial charge in [0.15, 0.2) is 9.84 Å². The molecule has 31 heavy (non-hydrogen) atoms. The van der Waals surface area contributed by atoms with Crippen molar-refractivity contribution in [3.8, 4) is 0 Å². The van der Waals surface area contributed by atoms with Gasteiger partial charge in [-0.15, -0.1) is 0 Å². The Bertz CT molecular complexity index is 993. The number of hydrogen-bond acceptors (Lipinski definition) is 5. The summed E-state index contributed by atoms with van der Waals surface area (Å²) in [6.07, 6.45) is -0.601. The van der Waals surface area contributed by atoms with Crippen LogP contribution in [0.25, 0.3) is 0 Å². The molecule has 0 saturated heterocycles. The fourth-order valence-corrected chi connectivity index (χ4v) is 4.26. The quantitative estimate of drug-likeness (QED) is 0.485. The summed E-state index contributed by atoms with van der Waals surface area (Å²) in [4.78, 5) is 35.7. The zero-order chi connectivity index (χ0) is 22.9. The molecular weight excluding hydrogens is 420 g/mol. The van der Waals surface area contributed by atoms with Gasteiger partial charge in [0.05, 0.1) is 16.7 Å². The monoisotopic (exact) mass is 446 g/mol. The first-order valence-corrected chi connectivity index (χ1v) is 11.5. The van der Waals surface area contributed by atoms with Crippen molar-refractivity contribution in [2.45, 2.75) is 43.2 Å². The van der Waals surface area contributed by atoms with E-state index < -0.39 is 33.5 Å². The minimum atomic E-state index is -3.67. The van der Waals surface area contributed by atoms with Gasteiger partial charge in [0, 0.05) is 12.8 Å². The molecule has 0 spiro atoms. The Morgan fingerprint density at radius 3 is 1.94 bits per heavy atom. The minimum absolute atomic E-state index is 0.0923. The molecule has 0 aliphatic rings. The van der Waals surface area contributed by atoms with Crippen molar-refractivity contribution >= 4 is 27.6 Å². The van der Waals surface area contributed by atoms with Crippen LogP contribution in [0.1, 0.15) is 37.8 Å². The Labute approximate surface area is 181 Å². The highest BCUT2D eigenvalue weighted by molar-refractivity contribution is 7.91. The van der Waals surface area contributed by atoms with Crippen molar-refractivity contribution in [2.24, 2.45) is 0 Å². The average molecular weight is 447 g/mol. The van der Waals surface area contributed by atoms with E-state index >= 15 is 0 Å². The topological polar surface area (TPSA) is 130 Å². The van der Waals surface area contributed by atoms with Gasteiger partial charge in [0.2, 0.25) is 11.8 Å². The third-order valence-corrected chi connectivity index (χ3v) is 6.43. The summed E-state index contributed by atoms with van der Waals surface area (Å²) in [6.45, 7) is 1.82. The van der Waals surface area contributed by atoms with Crippen LogP contribution in [0, 0.1) is 0 Å². The fraction of sp³-hybridized carbons (Fsp3) is 0.318. The molecule has 0 radical (unpaired) electrons. The van der Waals surface area contributed by atoms with Crippen LogP contribution in [0.3, 0.4) is 0 Å². The Balaban J connectivity index is 1.82. The molecule has 2 amide bonds. The molecule has 0 bridgehead atoms. The lowest BCUT2D eigenvalue weighted by Crippen LogP contribution is -2.42. The Morgan fingerprint density at radius 1 is 0.871 bits per heavy atom. The maximum Gasteiger partial charge on any atom is 0.326 e. The number of aliphatic carboxylic acids is 1. The maximum absolute atomic E-state index is 12.3. The third-order valence-electron chi connectivity index (χ3n) is 4.67. The summed E-state index contributed by atoms with van der Waals surface area (Å²) in [6, 6.07) is 15.4. The highest BCUT2D eigenvalue weighted by Gasteiger charge is 2.24. The number of rotatable bonds is 11. The molecule has 0 aromatic heterocycles. The summed E-state index contributed by atoms with van der Waals surface area (Å²) in [7, 11) is -3.67. The van der Waals surface area contributed by atoms with Crippen molar-refractivity contribution in [3.05, 3.63) is 66.2 Å². The van der Waals surface area contributed by atoms with E-state index in [1.165, 1.54) is 12.1 Å². The Kier molecular flexibility index (Phi) is 8.75. The van der Waals surface area contributed by atoms with Gasteiger partial charge >= 0.3 is 5.97 Å². The maximum atomic E-state index is 12.3. The van der Waals surface area contributed by atoms with Gasteiger partial charge in [0.25, 0.3) is 0 Å². The van der Waals surface area contributed by atoms with E-state index in [9.17, 15) is 27.9 Å². The van der Waals surface area contributed by atoms with Crippen LogP contribution in [0.4, 0.5) is 0 Å². The first-order valence-electron chi connectivity index (χ1n) is 9.83. The summed E-state index contributed by atoms with van der Waals surface area (Å²) < 4.78 is 24.6. The molecule has 0 unspecified atom stereocenters. The first-order chi connectivity index (χ1) is 14.7. The van der Waals surface area contributed by atoms with Crippen LogP contribution in [-0.4, -0.2) is 43.1 Å². The van der Waals surface area contributed by atoms with E-state index in [0.717, 1.165) is 5.56 Å². The molecule has 0 heterocycles. The van der Waals surface area contributed by atoms with E-state index in [4.69, 9.17) is 0 Å². The van der Waals surface area contributed by atoms with Crippen molar-refractivity contribution < 1.29 is 27.9 Å². The van der Waals surface area contributed by atoms with Gasteiger partial charge in [-0.1, -0.05) is 48.5 Å². The molecule has 0 fully saturated rings. The van der Waals surface area contributed by atoms with E-state index in [1.54, 1.807) is 18.2 Å². The highest BCUT2D eigenvalue weighted by atomic mass is 32.2. The first kappa shape index (κ1) is 24.1. The molecule has 0 aliphatic carbocycles. The number of benzene rings is 2. The SMILES string of the molecule is C[C@@H](NC(=O)CCC(=O)N[C@H](CCS(=O)(=O)c1ccccc1)C(=O)O)c1ccccc1. The minimum Gasteiger partial charge on any atom is -0.480 e. The number of carbonyl (C=O) groups is 3. The number of hydrogen-bond donors (Lipinski definition) is 3. The number of nitrogens with one attached hydrogen (secondary N) is 2. The van der Waals surface area contributed by atoms with Crippen molar-refractivity contribution in [3.63, 3.8) is 0 Å². The summed E-state index contributed by atoms with van der Waals surface area (Å²) in [5, 5.41) is 14.4. The molecule has 2 atom stereocenters. The summed E-state index contributed by atoms with van der Waals surface area (Å²) in [5.41, 5.74) is 0.922. The summed E-state index contributed by atoms with van der Waals surface area (Å²) >= 11 is 0. The molecule has 0 saturated carbocycles. The normalized spacial score (nSPS) is 13.1. The third kappa shape index (κ3) is 7.86. The number of carboxylic acid groups (broad SMARTS) is 1. The number of carbonyl (C=O) groups excluding carboxylic acids is 2. The predicted octanol–water partition coefficient (Wildman–Crippen LogP) is 2.08. The predicted molar refractivity (Wildman–Crippen MR) is 115 cm³/mol. The second-order valence-electron chi connectivity index (χ2n) is 7.08. The fourth-order valence-electron chi connectivity index (χ4n) is 2.91. The van der Waals surface area contributed by atoms with Crippen molar-refractivity contribution in [1.29, 1.82) is 0 Å². The van der Waals surface area contributed by atoms with E-state index in [-0.39, 0.29) is 36.1 Å². The van der Waals surface area contributed by atoms with Crippen LogP contribution in [0.5, 0.6) is 0 Å². The lowest BCUT2D eigenvalue weighted by Gasteiger charge is -2.16. The zero-order valence-corrected chi connectivity index (χ0v) is 18.0.